The quantitative estimate of drug-likeness (QED) is 0.763. The summed E-state index contributed by atoms with van der Waals surface area (Å²) < 4.78 is 0. The molecular formula is C17H14N2O2. The topological polar surface area (TPSA) is 62.2 Å². The zero-order valence-corrected chi connectivity index (χ0v) is 11.3. The maximum Gasteiger partial charge on any atom is 0.409 e. The van der Waals surface area contributed by atoms with Crippen LogP contribution in [0.2, 0.25) is 0 Å². The predicted molar refractivity (Wildman–Crippen MR) is 82.6 cm³/mol. The number of carboxylic acid groups (broad SMARTS) is 1. The van der Waals surface area contributed by atoms with E-state index >= 15 is 0 Å². The zero-order valence-electron chi connectivity index (χ0n) is 11.3. The van der Waals surface area contributed by atoms with Gasteiger partial charge in [0.05, 0.1) is 5.69 Å². The van der Waals surface area contributed by atoms with E-state index in [-0.39, 0.29) is 0 Å². The van der Waals surface area contributed by atoms with Crippen molar-refractivity contribution in [3.8, 4) is 0 Å². The van der Waals surface area contributed by atoms with Crippen LogP contribution in [0.4, 0.5) is 10.5 Å². The molecule has 0 unspecified atom stereocenters. The van der Waals surface area contributed by atoms with Gasteiger partial charge in [0, 0.05) is 23.7 Å². The van der Waals surface area contributed by atoms with E-state index in [0.29, 0.717) is 5.69 Å². The summed E-state index contributed by atoms with van der Waals surface area (Å²) >= 11 is 0. The molecule has 4 heteroatoms. The average Bonchev–Trinajstić information content (AvgIpc) is 2.48. The Kier molecular flexibility index (Phi) is 3.51. The number of amides is 1. The fourth-order valence-corrected chi connectivity index (χ4v) is 2.37. The molecule has 21 heavy (non-hydrogen) atoms. The van der Waals surface area contributed by atoms with Crippen LogP contribution in [0.1, 0.15) is 11.3 Å². The van der Waals surface area contributed by atoms with Gasteiger partial charge in [-0.2, -0.15) is 0 Å². The molecule has 0 aliphatic carbocycles. The first-order valence-electron chi connectivity index (χ1n) is 6.64. The van der Waals surface area contributed by atoms with Crippen LogP contribution in [0.3, 0.4) is 0 Å². The van der Waals surface area contributed by atoms with Crippen molar-refractivity contribution in [1.29, 1.82) is 0 Å². The van der Waals surface area contributed by atoms with E-state index in [9.17, 15) is 4.79 Å². The number of nitrogens with zero attached hydrogens (tertiary/aromatic N) is 1. The molecule has 3 aromatic rings. The van der Waals surface area contributed by atoms with Crippen LogP contribution in [-0.4, -0.2) is 16.2 Å². The molecule has 0 aliphatic rings. The van der Waals surface area contributed by atoms with Gasteiger partial charge in [-0.15, -0.1) is 0 Å². The summed E-state index contributed by atoms with van der Waals surface area (Å²) in [4.78, 5) is 15.1. The summed E-state index contributed by atoms with van der Waals surface area (Å²) in [5, 5.41) is 13.1. The molecule has 0 bridgehead atoms. The Balaban J connectivity index is 1.98. The molecule has 0 atom stereocenters. The number of hydrogen-bond acceptors (Lipinski definition) is 2. The predicted octanol–water partition coefficient (Wildman–Crippen LogP) is 3.92. The third-order valence-electron chi connectivity index (χ3n) is 3.31. The zero-order chi connectivity index (χ0) is 14.7. The van der Waals surface area contributed by atoms with Crippen LogP contribution in [-0.2, 0) is 6.42 Å². The lowest BCUT2D eigenvalue weighted by Crippen LogP contribution is -2.06. The highest BCUT2D eigenvalue weighted by Crippen LogP contribution is 2.23. The van der Waals surface area contributed by atoms with Crippen molar-refractivity contribution >= 4 is 22.6 Å². The molecule has 0 saturated carbocycles. The van der Waals surface area contributed by atoms with Crippen molar-refractivity contribution in [1.82, 2.24) is 4.98 Å². The van der Waals surface area contributed by atoms with Gasteiger partial charge in [0.2, 0.25) is 0 Å². The molecular weight excluding hydrogens is 264 g/mol. The van der Waals surface area contributed by atoms with E-state index in [0.717, 1.165) is 22.9 Å². The standard InChI is InChI=1S/C17H14N2O2/c20-17(21)19-14-6-7-15-13(11-14)8-9-18-16(15)10-12-4-2-1-3-5-12/h1-9,11,19H,10H2,(H,20,21). The van der Waals surface area contributed by atoms with Crippen LogP contribution < -0.4 is 5.32 Å². The largest absolute Gasteiger partial charge is 0.465 e. The van der Waals surface area contributed by atoms with Crippen LogP contribution in [0.25, 0.3) is 10.8 Å². The fraction of sp³-hybridized carbons (Fsp3) is 0.0588. The number of nitrogens with one attached hydrogen (secondary N) is 1. The molecule has 0 fully saturated rings. The molecule has 0 aliphatic heterocycles. The van der Waals surface area contributed by atoms with Crippen molar-refractivity contribution in [3.63, 3.8) is 0 Å². The molecule has 104 valence electrons. The lowest BCUT2D eigenvalue weighted by atomic mass is 10.0. The average molecular weight is 278 g/mol. The van der Waals surface area contributed by atoms with Crippen molar-refractivity contribution in [3.05, 3.63) is 72.1 Å². The van der Waals surface area contributed by atoms with E-state index in [2.05, 4.69) is 22.4 Å². The van der Waals surface area contributed by atoms with Gasteiger partial charge in [0.1, 0.15) is 0 Å². The first kappa shape index (κ1) is 13.1. The molecule has 0 saturated heterocycles. The number of aromatic nitrogens is 1. The minimum atomic E-state index is -1.06. The summed E-state index contributed by atoms with van der Waals surface area (Å²) in [7, 11) is 0. The highest BCUT2D eigenvalue weighted by molar-refractivity contribution is 5.91. The normalized spacial score (nSPS) is 10.5. The van der Waals surface area contributed by atoms with Crippen LogP contribution in [0.5, 0.6) is 0 Å². The Morgan fingerprint density at radius 1 is 1.10 bits per heavy atom. The van der Waals surface area contributed by atoms with Crippen LogP contribution >= 0.6 is 0 Å². The monoisotopic (exact) mass is 278 g/mol. The van der Waals surface area contributed by atoms with E-state index in [1.165, 1.54) is 5.56 Å². The van der Waals surface area contributed by atoms with Gasteiger partial charge < -0.3 is 5.11 Å². The summed E-state index contributed by atoms with van der Waals surface area (Å²) in [6, 6.07) is 17.5. The summed E-state index contributed by atoms with van der Waals surface area (Å²) in [6.07, 6.45) is 1.45. The second-order valence-corrected chi connectivity index (χ2v) is 4.79. The van der Waals surface area contributed by atoms with Gasteiger partial charge in [-0.05, 0) is 29.1 Å². The number of pyridine rings is 1. The number of fused-ring (bicyclic) bond motifs is 1. The Morgan fingerprint density at radius 2 is 1.90 bits per heavy atom. The third kappa shape index (κ3) is 3.00. The number of carbonyl (C=O) groups is 1. The van der Waals surface area contributed by atoms with Gasteiger partial charge in [0.25, 0.3) is 0 Å². The van der Waals surface area contributed by atoms with Crippen molar-refractivity contribution in [2.75, 3.05) is 5.32 Å². The fourth-order valence-electron chi connectivity index (χ4n) is 2.37. The lowest BCUT2D eigenvalue weighted by molar-refractivity contribution is 0.210. The molecule has 1 amide bonds. The van der Waals surface area contributed by atoms with E-state index in [1.54, 1.807) is 12.3 Å². The molecule has 3 rings (SSSR count). The van der Waals surface area contributed by atoms with Crippen LogP contribution in [0.15, 0.2) is 60.8 Å². The summed E-state index contributed by atoms with van der Waals surface area (Å²) in [6.45, 7) is 0. The van der Waals surface area contributed by atoms with Crippen LogP contribution in [0, 0.1) is 0 Å². The lowest BCUT2D eigenvalue weighted by Gasteiger charge is -2.08. The van der Waals surface area contributed by atoms with Gasteiger partial charge in [-0.3, -0.25) is 10.3 Å². The number of hydrogen-bond donors (Lipinski definition) is 2. The van der Waals surface area contributed by atoms with Gasteiger partial charge in [-0.1, -0.05) is 36.4 Å². The van der Waals surface area contributed by atoms with E-state index in [1.807, 2.05) is 36.4 Å². The Bertz CT molecular complexity index is 785. The molecule has 1 heterocycles. The second-order valence-electron chi connectivity index (χ2n) is 4.79. The first-order valence-corrected chi connectivity index (χ1v) is 6.64. The van der Waals surface area contributed by atoms with E-state index in [4.69, 9.17) is 5.11 Å². The smallest absolute Gasteiger partial charge is 0.409 e. The number of anilines is 1. The number of rotatable bonds is 3. The molecule has 0 radical (unpaired) electrons. The molecule has 2 aromatic carbocycles. The van der Waals surface area contributed by atoms with Gasteiger partial charge in [0.15, 0.2) is 0 Å². The van der Waals surface area contributed by atoms with Gasteiger partial charge >= 0.3 is 6.09 Å². The summed E-state index contributed by atoms with van der Waals surface area (Å²) in [5.41, 5.74) is 2.75. The minimum absolute atomic E-state index is 0.562. The highest BCUT2D eigenvalue weighted by Gasteiger charge is 2.05. The maximum atomic E-state index is 10.7. The molecule has 0 spiro atoms. The van der Waals surface area contributed by atoms with Crippen molar-refractivity contribution < 1.29 is 9.90 Å². The summed E-state index contributed by atoms with van der Waals surface area (Å²) in [5.74, 6) is 0. The Hall–Kier alpha value is -2.88. The Labute approximate surface area is 122 Å². The molecule has 2 N–H and O–H groups in total. The SMILES string of the molecule is O=C(O)Nc1ccc2c(Cc3ccccc3)nccc2c1. The van der Waals surface area contributed by atoms with Crippen molar-refractivity contribution in [2.24, 2.45) is 0 Å². The first-order chi connectivity index (χ1) is 10.2. The molecule has 1 aromatic heterocycles. The van der Waals surface area contributed by atoms with Crippen molar-refractivity contribution in [2.45, 2.75) is 6.42 Å². The van der Waals surface area contributed by atoms with Gasteiger partial charge in [-0.25, -0.2) is 4.79 Å². The highest BCUT2D eigenvalue weighted by atomic mass is 16.4. The second kappa shape index (κ2) is 5.63. The third-order valence-corrected chi connectivity index (χ3v) is 3.31. The molecule has 4 nitrogen and oxygen atoms in total. The Morgan fingerprint density at radius 3 is 2.67 bits per heavy atom. The minimum Gasteiger partial charge on any atom is -0.465 e. The maximum absolute atomic E-state index is 10.7. The number of benzene rings is 2. The van der Waals surface area contributed by atoms with E-state index < -0.39 is 6.09 Å².